The van der Waals surface area contributed by atoms with Gasteiger partial charge in [0.1, 0.15) is 5.82 Å². The van der Waals surface area contributed by atoms with Crippen molar-refractivity contribution in [3.8, 4) is 0 Å². The summed E-state index contributed by atoms with van der Waals surface area (Å²) in [6.07, 6.45) is 4.35. The fourth-order valence-corrected chi connectivity index (χ4v) is 2.97. The van der Waals surface area contributed by atoms with Crippen molar-refractivity contribution >= 4 is 23.1 Å². The second-order valence-electron chi connectivity index (χ2n) is 4.91. The zero-order valence-electron chi connectivity index (χ0n) is 11.2. The highest BCUT2D eigenvalue weighted by molar-refractivity contribution is 7.08. The first-order valence-corrected chi connectivity index (χ1v) is 7.77. The number of amides is 1. The average molecular weight is 287 g/mol. The molecule has 104 valence electrons. The van der Waals surface area contributed by atoms with E-state index in [1.807, 2.05) is 35.2 Å². The molecule has 0 atom stereocenters. The lowest BCUT2D eigenvalue weighted by atomic mass is 10.2. The molecular formula is C15H17N3OS. The van der Waals surface area contributed by atoms with E-state index in [4.69, 9.17) is 0 Å². The number of carbonyl (C=O) groups is 1. The Labute approximate surface area is 122 Å². The van der Waals surface area contributed by atoms with Crippen molar-refractivity contribution in [2.24, 2.45) is 0 Å². The molecule has 0 unspecified atom stereocenters. The molecule has 0 aliphatic carbocycles. The first-order chi connectivity index (χ1) is 9.83. The van der Waals surface area contributed by atoms with E-state index in [2.05, 4.69) is 15.2 Å². The summed E-state index contributed by atoms with van der Waals surface area (Å²) >= 11 is 1.53. The molecule has 1 N–H and O–H groups in total. The van der Waals surface area contributed by atoms with Gasteiger partial charge in [-0.1, -0.05) is 6.07 Å². The highest BCUT2D eigenvalue weighted by atomic mass is 32.1. The average Bonchev–Trinajstić information content (AvgIpc) is 3.18. The van der Waals surface area contributed by atoms with E-state index < -0.39 is 0 Å². The first kappa shape index (κ1) is 13.1. The van der Waals surface area contributed by atoms with Crippen LogP contribution in [-0.2, 0) is 6.54 Å². The highest BCUT2D eigenvalue weighted by Crippen LogP contribution is 2.17. The number of anilines is 1. The van der Waals surface area contributed by atoms with Gasteiger partial charge in [0.25, 0.3) is 5.91 Å². The molecule has 0 aromatic carbocycles. The van der Waals surface area contributed by atoms with Crippen LogP contribution < -0.4 is 10.2 Å². The van der Waals surface area contributed by atoms with Gasteiger partial charge < -0.3 is 10.2 Å². The summed E-state index contributed by atoms with van der Waals surface area (Å²) in [5.74, 6) is 1.00. The normalized spacial score (nSPS) is 14.5. The van der Waals surface area contributed by atoms with Crippen LogP contribution in [0.15, 0.2) is 35.2 Å². The van der Waals surface area contributed by atoms with Crippen LogP contribution in [-0.4, -0.2) is 24.0 Å². The second-order valence-corrected chi connectivity index (χ2v) is 5.69. The standard InChI is InChI=1S/C15H17N3OS/c19-15(13-5-8-20-11-13)17-10-12-3-4-14(16-9-12)18-6-1-2-7-18/h3-5,8-9,11H,1-2,6-7,10H2,(H,17,19). The van der Waals surface area contributed by atoms with Gasteiger partial charge in [-0.2, -0.15) is 11.3 Å². The van der Waals surface area contributed by atoms with E-state index in [0.717, 1.165) is 30.0 Å². The number of aromatic nitrogens is 1. The number of nitrogens with zero attached hydrogens (tertiary/aromatic N) is 2. The summed E-state index contributed by atoms with van der Waals surface area (Å²) in [4.78, 5) is 18.6. The minimum Gasteiger partial charge on any atom is -0.357 e. The van der Waals surface area contributed by atoms with Crippen LogP contribution in [0.3, 0.4) is 0 Å². The lowest BCUT2D eigenvalue weighted by Gasteiger charge is -2.16. The molecule has 1 fully saturated rings. The molecule has 0 spiro atoms. The van der Waals surface area contributed by atoms with Crippen LogP contribution in [0.4, 0.5) is 5.82 Å². The fourth-order valence-electron chi connectivity index (χ4n) is 2.33. The Bertz CT molecular complexity index is 559. The number of hydrogen-bond acceptors (Lipinski definition) is 4. The van der Waals surface area contributed by atoms with Gasteiger partial charge in [-0.3, -0.25) is 4.79 Å². The van der Waals surface area contributed by atoms with Crippen molar-refractivity contribution in [2.45, 2.75) is 19.4 Å². The maximum Gasteiger partial charge on any atom is 0.252 e. The van der Waals surface area contributed by atoms with E-state index in [0.29, 0.717) is 6.54 Å². The van der Waals surface area contributed by atoms with Crippen LogP contribution >= 0.6 is 11.3 Å². The summed E-state index contributed by atoms with van der Waals surface area (Å²) in [5.41, 5.74) is 1.74. The van der Waals surface area contributed by atoms with Gasteiger partial charge in [0, 0.05) is 36.8 Å². The lowest BCUT2D eigenvalue weighted by molar-refractivity contribution is 0.0951. The van der Waals surface area contributed by atoms with Crippen molar-refractivity contribution in [1.29, 1.82) is 0 Å². The van der Waals surface area contributed by atoms with Gasteiger partial charge in [-0.05, 0) is 35.9 Å². The number of nitrogens with one attached hydrogen (secondary N) is 1. The zero-order chi connectivity index (χ0) is 13.8. The van der Waals surface area contributed by atoms with Gasteiger partial charge in [0.15, 0.2) is 0 Å². The van der Waals surface area contributed by atoms with Crippen molar-refractivity contribution in [3.05, 3.63) is 46.3 Å². The van der Waals surface area contributed by atoms with Gasteiger partial charge in [-0.15, -0.1) is 0 Å². The molecule has 0 saturated carbocycles. The summed E-state index contributed by atoms with van der Waals surface area (Å²) < 4.78 is 0. The van der Waals surface area contributed by atoms with Crippen LogP contribution in [0.2, 0.25) is 0 Å². The van der Waals surface area contributed by atoms with E-state index in [1.54, 1.807) is 0 Å². The molecule has 2 aromatic heterocycles. The number of rotatable bonds is 4. The Hall–Kier alpha value is -1.88. The van der Waals surface area contributed by atoms with E-state index in [9.17, 15) is 4.79 Å². The lowest BCUT2D eigenvalue weighted by Crippen LogP contribution is -2.22. The van der Waals surface area contributed by atoms with E-state index in [1.165, 1.54) is 24.2 Å². The molecule has 4 nitrogen and oxygen atoms in total. The molecule has 3 rings (SSSR count). The van der Waals surface area contributed by atoms with Crippen molar-refractivity contribution in [1.82, 2.24) is 10.3 Å². The Morgan fingerprint density at radius 2 is 2.15 bits per heavy atom. The maximum atomic E-state index is 11.8. The minimum absolute atomic E-state index is 0.0325. The van der Waals surface area contributed by atoms with Crippen LogP contribution in [0.1, 0.15) is 28.8 Å². The van der Waals surface area contributed by atoms with Crippen LogP contribution in [0.5, 0.6) is 0 Å². The SMILES string of the molecule is O=C(NCc1ccc(N2CCCC2)nc1)c1ccsc1. The molecule has 20 heavy (non-hydrogen) atoms. The Morgan fingerprint density at radius 3 is 2.80 bits per heavy atom. The third-order valence-electron chi connectivity index (χ3n) is 3.48. The monoisotopic (exact) mass is 287 g/mol. The number of pyridine rings is 1. The van der Waals surface area contributed by atoms with Crippen LogP contribution in [0.25, 0.3) is 0 Å². The Morgan fingerprint density at radius 1 is 1.30 bits per heavy atom. The third-order valence-corrected chi connectivity index (χ3v) is 4.16. The zero-order valence-corrected chi connectivity index (χ0v) is 12.0. The molecule has 1 saturated heterocycles. The minimum atomic E-state index is -0.0325. The fraction of sp³-hybridized carbons (Fsp3) is 0.333. The molecular weight excluding hydrogens is 270 g/mol. The van der Waals surface area contributed by atoms with Gasteiger partial charge in [0.2, 0.25) is 0 Å². The third kappa shape index (κ3) is 2.99. The Kier molecular flexibility index (Phi) is 3.97. The highest BCUT2D eigenvalue weighted by Gasteiger charge is 2.13. The predicted octanol–water partition coefficient (Wildman–Crippen LogP) is 2.67. The summed E-state index contributed by atoms with van der Waals surface area (Å²) in [5, 5.41) is 6.66. The maximum absolute atomic E-state index is 11.8. The second kappa shape index (κ2) is 6.05. The molecule has 0 radical (unpaired) electrons. The molecule has 3 heterocycles. The quantitative estimate of drug-likeness (QED) is 0.940. The van der Waals surface area contributed by atoms with Crippen molar-refractivity contribution in [2.75, 3.05) is 18.0 Å². The van der Waals surface area contributed by atoms with Gasteiger partial charge in [-0.25, -0.2) is 4.98 Å². The smallest absolute Gasteiger partial charge is 0.252 e. The van der Waals surface area contributed by atoms with Gasteiger partial charge in [0.05, 0.1) is 0 Å². The summed E-state index contributed by atoms with van der Waals surface area (Å²) in [6.45, 7) is 2.71. The van der Waals surface area contributed by atoms with Crippen LogP contribution in [0, 0.1) is 0 Å². The van der Waals surface area contributed by atoms with Crippen molar-refractivity contribution in [3.63, 3.8) is 0 Å². The molecule has 0 bridgehead atoms. The molecule has 5 heteroatoms. The molecule has 2 aromatic rings. The van der Waals surface area contributed by atoms with Gasteiger partial charge >= 0.3 is 0 Å². The number of thiophene rings is 1. The molecule has 1 aliphatic heterocycles. The first-order valence-electron chi connectivity index (χ1n) is 6.83. The van der Waals surface area contributed by atoms with Crippen molar-refractivity contribution < 1.29 is 4.79 Å². The number of hydrogen-bond donors (Lipinski definition) is 1. The Balaban J connectivity index is 1.56. The topological polar surface area (TPSA) is 45.2 Å². The van der Waals surface area contributed by atoms with E-state index >= 15 is 0 Å². The largest absolute Gasteiger partial charge is 0.357 e. The summed E-state index contributed by atoms with van der Waals surface area (Å²) in [6, 6.07) is 5.90. The number of carbonyl (C=O) groups excluding carboxylic acids is 1. The predicted molar refractivity (Wildman–Crippen MR) is 81.2 cm³/mol. The summed E-state index contributed by atoms with van der Waals surface area (Å²) in [7, 11) is 0. The molecule has 1 aliphatic rings. The van der Waals surface area contributed by atoms with E-state index in [-0.39, 0.29) is 5.91 Å². The molecule has 1 amide bonds.